The molecule has 154 valence electrons. The maximum atomic E-state index is 12.8. The number of H-pyrrole nitrogens is 1. The molecule has 0 aromatic carbocycles. The lowest BCUT2D eigenvalue weighted by Gasteiger charge is -2.32. The number of fused-ring (bicyclic) bond motifs is 1. The molecule has 0 radical (unpaired) electrons. The van der Waals surface area contributed by atoms with Gasteiger partial charge in [-0.3, -0.25) is 9.91 Å². The van der Waals surface area contributed by atoms with Gasteiger partial charge in [-0.1, -0.05) is 0 Å². The number of anilines is 1. The highest BCUT2D eigenvalue weighted by molar-refractivity contribution is 5.89. The number of hydrazine groups is 1. The fraction of sp³-hybridized carbons (Fsp3) is 0.588. The SMILES string of the molecule is CN(N)c1ncnc2c(C3C(O)C(O)C(CO)N3C(=O)OC(C)(C)C)c[nH]c12. The van der Waals surface area contributed by atoms with Crippen LogP contribution in [-0.2, 0) is 4.74 Å². The molecule has 28 heavy (non-hydrogen) atoms. The highest BCUT2D eigenvalue weighted by Gasteiger charge is 2.52. The predicted octanol–water partition coefficient (Wildman–Crippen LogP) is -0.358. The summed E-state index contributed by atoms with van der Waals surface area (Å²) in [6.45, 7) is 4.58. The Morgan fingerprint density at radius 3 is 2.61 bits per heavy atom. The molecule has 4 atom stereocenters. The maximum absolute atomic E-state index is 12.8. The first-order chi connectivity index (χ1) is 13.1. The van der Waals surface area contributed by atoms with Crippen LogP contribution in [0, 0.1) is 0 Å². The minimum Gasteiger partial charge on any atom is -0.444 e. The summed E-state index contributed by atoms with van der Waals surface area (Å²) >= 11 is 0. The Labute approximate surface area is 161 Å². The van der Waals surface area contributed by atoms with Gasteiger partial charge >= 0.3 is 6.09 Å². The van der Waals surface area contributed by atoms with Crippen LogP contribution in [0.5, 0.6) is 0 Å². The summed E-state index contributed by atoms with van der Waals surface area (Å²) in [5.41, 5.74) is 0.609. The van der Waals surface area contributed by atoms with Crippen molar-refractivity contribution in [2.24, 2.45) is 5.84 Å². The molecule has 11 nitrogen and oxygen atoms in total. The number of nitrogens with one attached hydrogen (secondary N) is 1. The van der Waals surface area contributed by atoms with Crippen LogP contribution in [0.4, 0.5) is 10.6 Å². The molecular weight excluding hydrogens is 368 g/mol. The molecule has 1 saturated heterocycles. The van der Waals surface area contributed by atoms with E-state index in [-0.39, 0.29) is 0 Å². The number of likely N-dealkylation sites (tertiary alicyclic amines) is 1. The van der Waals surface area contributed by atoms with E-state index in [4.69, 9.17) is 10.6 Å². The van der Waals surface area contributed by atoms with Gasteiger partial charge in [0, 0.05) is 18.8 Å². The lowest BCUT2D eigenvalue weighted by Crippen LogP contribution is -2.45. The number of aliphatic hydroxyl groups excluding tert-OH is 3. The Morgan fingerprint density at radius 1 is 1.36 bits per heavy atom. The second-order valence-electron chi connectivity index (χ2n) is 7.84. The monoisotopic (exact) mass is 394 g/mol. The van der Waals surface area contributed by atoms with Crippen LogP contribution in [0.1, 0.15) is 32.4 Å². The average molecular weight is 394 g/mol. The van der Waals surface area contributed by atoms with E-state index >= 15 is 0 Å². The molecule has 4 unspecified atom stereocenters. The minimum atomic E-state index is -1.36. The fourth-order valence-electron chi connectivity index (χ4n) is 3.48. The van der Waals surface area contributed by atoms with Crippen LogP contribution in [0.25, 0.3) is 11.0 Å². The Bertz CT molecular complexity index is 863. The van der Waals surface area contributed by atoms with Crippen LogP contribution < -0.4 is 10.9 Å². The van der Waals surface area contributed by atoms with E-state index in [1.807, 2.05) is 0 Å². The van der Waals surface area contributed by atoms with Gasteiger partial charge in [0.05, 0.1) is 24.2 Å². The predicted molar refractivity (Wildman–Crippen MR) is 100 cm³/mol. The zero-order valence-corrected chi connectivity index (χ0v) is 16.2. The second-order valence-corrected chi connectivity index (χ2v) is 7.84. The first kappa shape index (κ1) is 20.3. The van der Waals surface area contributed by atoms with Crippen LogP contribution in [0.15, 0.2) is 12.5 Å². The van der Waals surface area contributed by atoms with Gasteiger partial charge in [-0.15, -0.1) is 0 Å². The van der Waals surface area contributed by atoms with Crippen LogP contribution in [-0.4, -0.2) is 78.8 Å². The number of carbonyl (C=O) groups is 1. The number of aromatic amines is 1. The lowest BCUT2D eigenvalue weighted by molar-refractivity contribution is -0.000805. The summed E-state index contributed by atoms with van der Waals surface area (Å²) in [7, 11) is 1.62. The molecular formula is C17H26N6O5. The molecule has 1 amide bonds. The smallest absolute Gasteiger partial charge is 0.411 e. The second kappa shape index (κ2) is 7.17. The summed E-state index contributed by atoms with van der Waals surface area (Å²) in [5.74, 6) is 6.22. The van der Waals surface area contributed by atoms with Crippen molar-refractivity contribution in [1.29, 1.82) is 0 Å². The summed E-state index contributed by atoms with van der Waals surface area (Å²) in [4.78, 5) is 25.4. The minimum absolute atomic E-state index is 0.423. The van der Waals surface area contributed by atoms with E-state index in [2.05, 4.69) is 15.0 Å². The number of nitrogens with zero attached hydrogens (tertiary/aromatic N) is 4. The number of aromatic nitrogens is 3. The van der Waals surface area contributed by atoms with Gasteiger partial charge in [-0.2, -0.15) is 0 Å². The quantitative estimate of drug-likeness (QED) is 0.346. The number of ether oxygens (including phenoxy) is 1. The van der Waals surface area contributed by atoms with Crippen molar-refractivity contribution in [3.05, 3.63) is 18.1 Å². The number of carbonyl (C=O) groups excluding carboxylic acids is 1. The third-order valence-electron chi connectivity index (χ3n) is 4.64. The molecule has 0 aliphatic carbocycles. The zero-order valence-electron chi connectivity index (χ0n) is 16.2. The molecule has 6 N–H and O–H groups in total. The fourth-order valence-corrected chi connectivity index (χ4v) is 3.48. The highest BCUT2D eigenvalue weighted by atomic mass is 16.6. The molecule has 0 bridgehead atoms. The van der Waals surface area contributed by atoms with Gasteiger partial charge in [0.2, 0.25) is 0 Å². The van der Waals surface area contributed by atoms with Gasteiger partial charge in [0.25, 0.3) is 0 Å². The molecule has 0 saturated carbocycles. The first-order valence-electron chi connectivity index (χ1n) is 8.85. The molecule has 3 rings (SSSR count). The first-order valence-corrected chi connectivity index (χ1v) is 8.85. The zero-order chi connectivity index (χ0) is 20.8. The van der Waals surface area contributed by atoms with Gasteiger partial charge in [0.15, 0.2) is 5.82 Å². The van der Waals surface area contributed by atoms with Crippen LogP contribution >= 0.6 is 0 Å². The van der Waals surface area contributed by atoms with E-state index in [0.717, 1.165) is 4.90 Å². The number of aliphatic hydroxyl groups is 3. The molecule has 0 spiro atoms. The number of hydrogen-bond acceptors (Lipinski definition) is 9. The van der Waals surface area contributed by atoms with Crippen molar-refractivity contribution in [3.63, 3.8) is 0 Å². The molecule has 1 fully saturated rings. The van der Waals surface area contributed by atoms with Gasteiger partial charge < -0.3 is 25.0 Å². The van der Waals surface area contributed by atoms with Crippen molar-refractivity contribution in [2.75, 3.05) is 18.7 Å². The standard InChI is InChI=1S/C17H26N6O5/c1-17(2,3)28-16(27)23-9(6-24)13(25)14(26)12(23)8-5-19-11-10(8)20-7-21-15(11)22(4)18/h5,7,9,12-14,19,24-26H,6,18H2,1-4H3. The third kappa shape index (κ3) is 3.37. The molecule has 11 heteroatoms. The Hall–Kier alpha value is -2.47. The average Bonchev–Trinajstić information content (AvgIpc) is 3.12. The van der Waals surface area contributed by atoms with E-state index < -0.39 is 42.6 Å². The number of amides is 1. The normalized spacial score (nSPS) is 25.4. The molecule has 2 aromatic rings. The van der Waals surface area contributed by atoms with E-state index in [0.29, 0.717) is 22.4 Å². The van der Waals surface area contributed by atoms with Crippen molar-refractivity contribution in [3.8, 4) is 0 Å². The lowest BCUT2D eigenvalue weighted by atomic mass is 10.0. The van der Waals surface area contributed by atoms with E-state index in [1.165, 1.54) is 11.3 Å². The number of rotatable bonds is 3. The van der Waals surface area contributed by atoms with Gasteiger partial charge in [-0.05, 0) is 20.8 Å². The van der Waals surface area contributed by atoms with Crippen LogP contribution in [0.2, 0.25) is 0 Å². The third-order valence-corrected chi connectivity index (χ3v) is 4.64. The van der Waals surface area contributed by atoms with Crippen molar-refractivity contribution in [1.82, 2.24) is 19.9 Å². The van der Waals surface area contributed by atoms with Crippen molar-refractivity contribution >= 4 is 22.9 Å². The van der Waals surface area contributed by atoms with Crippen molar-refractivity contribution in [2.45, 2.75) is 50.7 Å². The molecule has 2 aromatic heterocycles. The van der Waals surface area contributed by atoms with Gasteiger partial charge in [-0.25, -0.2) is 20.6 Å². The number of hydrogen-bond donors (Lipinski definition) is 5. The summed E-state index contributed by atoms with van der Waals surface area (Å²) in [6.07, 6.45) is -0.572. The van der Waals surface area contributed by atoms with E-state index in [1.54, 1.807) is 34.0 Å². The Morgan fingerprint density at radius 2 is 2.04 bits per heavy atom. The van der Waals surface area contributed by atoms with Crippen LogP contribution in [0.3, 0.4) is 0 Å². The molecule has 3 heterocycles. The van der Waals surface area contributed by atoms with Crippen molar-refractivity contribution < 1.29 is 24.9 Å². The summed E-state index contributed by atoms with van der Waals surface area (Å²) < 4.78 is 5.44. The largest absolute Gasteiger partial charge is 0.444 e. The number of nitrogens with two attached hydrogens (primary N) is 1. The molecule has 1 aliphatic rings. The molecule has 1 aliphatic heterocycles. The maximum Gasteiger partial charge on any atom is 0.411 e. The summed E-state index contributed by atoms with van der Waals surface area (Å²) in [6, 6.07) is -2.01. The Kier molecular flexibility index (Phi) is 5.19. The van der Waals surface area contributed by atoms with Gasteiger partial charge in [0.1, 0.15) is 29.7 Å². The topological polar surface area (TPSA) is 161 Å². The summed E-state index contributed by atoms with van der Waals surface area (Å²) in [5, 5.41) is 32.2. The van der Waals surface area contributed by atoms with E-state index in [9.17, 15) is 20.1 Å². The highest BCUT2D eigenvalue weighted by Crippen LogP contribution is 2.40. The Balaban J connectivity index is 2.11.